The molecule has 0 aromatic carbocycles. The molecule has 1 aromatic heterocycles. The lowest BCUT2D eigenvalue weighted by Crippen LogP contribution is -2.43. The minimum Gasteiger partial charge on any atom is -0.335 e. The Hall–Kier alpha value is -0.910. The monoisotopic (exact) mass is 328 g/mol. The van der Waals surface area contributed by atoms with Crippen LogP contribution in [0.1, 0.15) is 41.4 Å². The van der Waals surface area contributed by atoms with Gasteiger partial charge in [-0.2, -0.15) is 0 Å². The highest BCUT2D eigenvalue weighted by Crippen LogP contribution is 2.29. The van der Waals surface area contributed by atoms with Crippen molar-refractivity contribution in [1.82, 2.24) is 10.2 Å². The van der Waals surface area contributed by atoms with E-state index in [0.29, 0.717) is 18.5 Å². The van der Waals surface area contributed by atoms with Crippen LogP contribution in [0.5, 0.6) is 0 Å². The summed E-state index contributed by atoms with van der Waals surface area (Å²) in [5.74, 6) is 0.293. The molecule has 0 unspecified atom stereocenters. The van der Waals surface area contributed by atoms with Crippen LogP contribution in [0.4, 0.5) is 0 Å². The fourth-order valence-electron chi connectivity index (χ4n) is 3.31. The summed E-state index contributed by atoms with van der Waals surface area (Å²) in [5.41, 5.74) is 0.974. The smallest absolute Gasteiger partial charge is 0.227 e. The molecule has 0 radical (unpaired) electrons. The molecule has 0 spiro atoms. The van der Waals surface area contributed by atoms with E-state index in [9.17, 15) is 9.59 Å². The second-order valence-electron chi connectivity index (χ2n) is 5.73. The highest BCUT2D eigenvalue weighted by molar-refractivity contribution is 7.12. The zero-order valence-corrected chi connectivity index (χ0v) is 13.8. The topological polar surface area (TPSA) is 49.4 Å². The number of halogens is 1. The van der Waals surface area contributed by atoms with Crippen molar-refractivity contribution in [1.29, 1.82) is 0 Å². The number of amides is 1. The Bertz CT molecular complexity index is 517. The van der Waals surface area contributed by atoms with Gasteiger partial charge in [-0.15, -0.1) is 23.7 Å². The molecule has 116 valence electrons. The van der Waals surface area contributed by atoms with Crippen molar-refractivity contribution in [2.45, 2.75) is 44.7 Å². The molecule has 3 heterocycles. The average molecular weight is 329 g/mol. The summed E-state index contributed by atoms with van der Waals surface area (Å²) in [5, 5.41) is 5.35. The molecule has 2 bridgehead atoms. The van der Waals surface area contributed by atoms with E-state index < -0.39 is 0 Å². The molecule has 2 atom stereocenters. The molecule has 0 saturated carbocycles. The number of thiophene rings is 1. The normalized spacial score (nSPS) is 24.3. The maximum absolute atomic E-state index is 12.6. The van der Waals surface area contributed by atoms with Crippen molar-refractivity contribution in [3.63, 3.8) is 0 Å². The van der Waals surface area contributed by atoms with Crippen LogP contribution >= 0.6 is 23.7 Å². The second-order valence-corrected chi connectivity index (χ2v) is 6.64. The number of carbonyl (C=O) groups is 2. The molecule has 0 aliphatic carbocycles. The minimum absolute atomic E-state index is 0. The first-order chi connectivity index (χ1) is 9.65. The van der Waals surface area contributed by atoms with E-state index in [1.807, 2.05) is 11.4 Å². The molecule has 21 heavy (non-hydrogen) atoms. The van der Waals surface area contributed by atoms with Gasteiger partial charge < -0.3 is 10.2 Å². The lowest BCUT2D eigenvalue weighted by molar-refractivity contribution is -0.133. The van der Waals surface area contributed by atoms with Gasteiger partial charge in [0.1, 0.15) is 0 Å². The standard InChI is InChI=1S/C15H20N2O2S.ClH/c1-10(18)14-6-11(9-20-14)7-15(19)17-12-2-3-13(17)8-16-5-4-12;/h6,9,12-13,16H,2-5,7-8H2,1H3;1H/t12-,13+;/m1./s1. The van der Waals surface area contributed by atoms with Crippen molar-refractivity contribution < 1.29 is 9.59 Å². The van der Waals surface area contributed by atoms with E-state index in [4.69, 9.17) is 0 Å². The van der Waals surface area contributed by atoms with E-state index in [1.165, 1.54) is 11.3 Å². The van der Waals surface area contributed by atoms with E-state index >= 15 is 0 Å². The van der Waals surface area contributed by atoms with Crippen LogP contribution in [-0.2, 0) is 11.2 Å². The number of hydrogen-bond donors (Lipinski definition) is 1. The number of ketones is 1. The number of nitrogens with zero attached hydrogens (tertiary/aromatic N) is 1. The molecule has 6 heteroatoms. The van der Waals surface area contributed by atoms with Gasteiger partial charge in [0, 0.05) is 18.6 Å². The molecular weight excluding hydrogens is 308 g/mol. The molecule has 2 fully saturated rings. The van der Waals surface area contributed by atoms with Crippen molar-refractivity contribution in [3.05, 3.63) is 21.9 Å². The summed E-state index contributed by atoms with van der Waals surface area (Å²) in [6.07, 6.45) is 3.74. The third kappa shape index (κ3) is 3.47. The van der Waals surface area contributed by atoms with Gasteiger partial charge in [-0.25, -0.2) is 0 Å². The van der Waals surface area contributed by atoms with Gasteiger partial charge in [0.2, 0.25) is 5.91 Å². The Morgan fingerprint density at radius 1 is 1.33 bits per heavy atom. The predicted octanol–water partition coefficient (Wildman–Crippen LogP) is 2.27. The molecule has 2 aliphatic heterocycles. The Kier molecular flexibility index (Phi) is 5.41. The van der Waals surface area contributed by atoms with Crippen molar-refractivity contribution >= 4 is 35.4 Å². The fourth-order valence-corrected chi connectivity index (χ4v) is 4.12. The van der Waals surface area contributed by atoms with Crippen molar-refractivity contribution in [2.24, 2.45) is 0 Å². The van der Waals surface area contributed by atoms with Crippen LogP contribution in [0.15, 0.2) is 11.4 Å². The SMILES string of the molecule is CC(=O)c1cc(CC(=O)N2[C@H]3CCNC[C@@H]2CC3)cs1.Cl. The highest BCUT2D eigenvalue weighted by Gasteiger charge is 2.37. The van der Waals surface area contributed by atoms with E-state index in [1.54, 1.807) is 6.92 Å². The van der Waals surface area contributed by atoms with Crippen molar-refractivity contribution in [2.75, 3.05) is 13.1 Å². The van der Waals surface area contributed by atoms with Crippen LogP contribution in [-0.4, -0.2) is 41.8 Å². The molecule has 4 nitrogen and oxygen atoms in total. The van der Waals surface area contributed by atoms with Crippen LogP contribution < -0.4 is 5.32 Å². The summed E-state index contributed by atoms with van der Waals surface area (Å²) in [6, 6.07) is 2.64. The van der Waals surface area contributed by atoms with Crippen LogP contribution in [0.3, 0.4) is 0 Å². The Balaban J connectivity index is 0.00000161. The largest absolute Gasteiger partial charge is 0.335 e. The first-order valence-corrected chi connectivity index (χ1v) is 8.13. The average Bonchev–Trinajstić information content (AvgIpc) is 2.93. The molecular formula is C15H21ClN2O2S. The van der Waals surface area contributed by atoms with E-state index in [0.717, 1.165) is 42.8 Å². The minimum atomic E-state index is 0. The quantitative estimate of drug-likeness (QED) is 0.866. The molecule has 1 N–H and O–H groups in total. The zero-order chi connectivity index (χ0) is 14.1. The lowest BCUT2D eigenvalue weighted by Gasteiger charge is -2.27. The predicted molar refractivity (Wildman–Crippen MR) is 86.4 cm³/mol. The van der Waals surface area contributed by atoms with E-state index in [-0.39, 0.29) is 24.1 Å². The van der Waals surface area contributed by atoms with Crippen molar-refractivity contribution in [3.8, 4) is 0 Å². The fraction of sp³-hybridized carbons (Fsp3) is 0.600. The number of carbonyl (C=O) groups excluding carboxylic acids is 2. The number of nitrogens with one attached hydrogen (secondary N) is 1. The van der Waals surface area contributed by atoms with Crippen LogP contribution in [0.2, 0.25) is 0 Å². The molecule has 1 aromatic rings. The van der Waals surface area contributed by atoms with Gasteiger partial charge in [0.05, 0.1) is 11.3 Å². The summed E-state index contributed by atoms with van der Waals surface area (Å²) in [6.45, 7) is 3.50. The Morgan fingerprint density at radius 2 is 2.10 bits per heavy atom. The van der Waals surface area contributed by atoms with E-state index in [2.05, 4.69) is 10.2 Å². The molecule has 2 aliphatic rings. The first kappa shape index (κ1) is 16.5. The second kappa shape index (κ2) is 6.90. The van der Waals surface area contributed by atoms with Gasteiger partial charge in [0.15, 0.2) is 5.78 Å². The maximum Gasteiger partial charge on any atom is 0.227 e. The van der Waals surface area contributed by atoms with Gasteiger partial charge in [-0.1, -0.05) is 0 Å². The lowest BCUT2D eigenvalue weighted by atomic mass is 10.1. The molecule has 1 amide bonds. The van der Waals surface area contributed by atoms with Gasteiger partial charge >= 0.3 is 0 Å². The molecule has 2 saturated heterocycles. The number of fused-ring (bicyclic) bond motifs is 2. The summed E-state index contributed by atoms with van der Waals surface area (Å²) >= 11 is 1.43. The summed E-state index contributed by atoms with van der Waals surface area (Å²) in [4.78, 5) is 26.7. The first-order valence-electron chi connectivity index (χ1n) is 7.25. The zero-order valence-electron chi connectivity index (χ0n) is 12.1. The third-order valence-electron chi connectivity index (χ3n) is 4.30. The number of hydrogen-bond acceptors (Lipinski definition) is 4. The van der Waals surface area contributed by atoms with Gasteiger partial charge in [0.25, 0.3) is 0 Å². The number of rotatable bonds is 3. The van der Waals surface area contributed by atoms with Crippen LogP contribution in [0.25, 0.3) is 0 Å². The Labute approximate surface area is 135 Å². The van der Waals surface area contributed by atoms with Gasteiger partial charge in [-0.05, 0) is 49.7 Å². The molecule has 3 rings (SSSR count). The third-order valence-corrected chi connectivity index (χ3v) is 5.38. The maximum atomic E-state index is 12.6. The summed E-state index contributed by atoms with van der Waals surface area (Å²) < 4.78 is 0. The summed E-state index contributed by atoms with van der Waals surface area (Å²) in [7, 11) is 0. The highest BCUT2D eigenvalue weighted by atomic mass is 35.5. The Morgan fingerprint density at radius 3 is 2.81 bits per heavy atom. The van der Waals surface area contributed by atoms with Gasteiger partial charge in [-0.3, -0.25) is 9.59 Å². The van der Waals surface area contributed by atoms with Crippen LogP contribution in [0, 0.1) is 0 Å². The number of Topliss-reactive ketones (excluding diaryl/α,β-unsaturated/α-hetero) is 1.